The molecule has 1 rings (SSSR count). The molecule has 0 aliphatic carbocycles. The van der Waals surface area contributed by atoms with Crippen molar-refractivity contribution in [1.82, 2.24) is 4.90 Å². The van der Waals surface area contributed by atoms with E-state index in [0.29, 0.717) is 19.6 Å². The van der Waals surface area contributed by atoms with Gasteiger partial charge in [0, 0.05) is 27.3 Å². The lowest BCUT2D eigenvalue weighted by Gasteiger charge is -2.21. The number of amides is 1. The smallest absolute Gasteiger partial charge is 0.239 e. The van der Waals surface area contributed by atoms with Gasteiger partial charge >= 0.3 is 0 Å². The average Bonchev–Trinajstić information content (AvgIpc) is 2.35. The van der Waals surface area contributed by atoms with Crippen LogP contribution >= 0.6 is 0 Å². The molecule has 0 saturated heterocycles. The zero-order valence-corrected chi connectivity index (χ0v) is 11.3. The largest absolute Gasteiger partial charge is 0.385 e. The van der Waals surface area contributed by atoms with E-state index in [4.69, 9.17) is 10.5 Å². The molecular weight excluding hydrogens is 228 g/mol. The molecule has 0 radical (unpaired) electrons. The first-order valence-electron chi connectivity index (χ1n) is 6.09. The summed E-state index contributed by atoms with van der Waals surface area (Å²) >= 11 is 0. The molecule has 0 aliphatic heterocycles. The van der Waals surface area contributed by atoms with E-state index < -0.39 is 6.04 Å². The van der Waals surface area contributed by atoms with E-state index in [1.54, 1.807) is 19.1 Å². The molecule has 1 amide bonds. The molecule has 4 heteroatoms. The average molecular weight is 250 g/mol. The summed E-state index contributed by atoms with van der Waals surface area (Å²) in [6, 6.07) is 7.63. The van der Waals surface area contributed by atoms with Crippen LogP contribution in [0.4, 0.5) is 0 Å². The number of nitrogens with two attached hydrogens (primary N) is 1. The molecule has 1 unspecified atom stereocenters. The van der Waals surface area contributed by atoms with Gasteiger partial charge < -0.3 is 15.4 Å². The lowest BCUT2D eigenvalue weighted by Crippen LogP contribution is -2.42. The molecule has 2 N–H and O–H groups in total. The van der Waals surface area contributed by atoms with Crippen molar-refractivity contribution >= 4 is 5.91 Å². The Hall–Kier alpha value is -1.39. The van der Waals surface area contributed by atoms with Crippen LogP contribution in [0.5, 0.6) is 0 Å². The van der Waals surface area contributed by atoms with Crippen molar-refractivity contribution in [2.45, 2.75) is 25.9 Å². The van der Waals surface area contributed by atoms with Crippen LogP contribution in [0.1, 0.15) is 17.5 Å². The van der Waals surface area contributed by atoms with Crippen molar-refractivity contribution < 1.29 is 9.53 Å². The molecule has 0 heterocycles. The zero-order valence-electron chi connectivity index (χ0n) is 11.3. The second-order valence-corrected chi connectivity index (χ2v) is 4.57. The van der Waals surface area contributed by atoms with Crippen molar-refractivity contribution in [3.8, 4) is 0 Å². The molecule has 1 atom stereocenters. The summed E-state index contributed by atoms with van der Waals surface area (Å²) in [7, 11) is 3.38. The van der Waals surface area contributed by atoms with Crippen LogP contribution in [0.3, 0.4) is 0 Å². The number of benzene rings is 1. The first kappa shape index (κ1) is 14.7. The van der Waals surface area contributed by atoms with Gasteiger partial charge in [0.15, 0.2) is 0 Å². The van der Waals surface area contributed by atoms with E-state index in [0.717, 1.165) is 5.56 Å². The topological polar surface area (TPSA) is 55.6 Å². The van der Waals surface area contributed by atoms with Crippen molar-refractivity contribution in [3.63, 3.8) is 0 Å². The van der Waals surface area contributed by atoms with Gasteiger partial charge in [0.2, 0.25) is 5.91 Å². The zero-order chi connectivity index (χ0) is 13.5. The highest BCUT2D eigenvalue weighted by atomic mass is 16.5. The molecular formula is C14H22N2O2. The van der Waals surface area contributed by atoms with Crippen LogP contribution in [0.15, 0.2) is 24.3 Å². The minimum Gasteiger partial charge on any atom is -0.385 e. The highest BCUT2D eigenvalue weighted by molar-refractivity contribution is 5.81. The van der Waals surface area contributed by atoms with Crippen molar-refractivity contribution in [3.05, 3.63) is 35.4 Å². The van der Waals surface area contributed by atoms with E-state index in [2.05, 4.69) is 6.07 Å². The highest BCUT2D eigenvalue weighted by Crippen LogP contribution is 2.07. The maximum atomic E-state index is 12.0. The number of ether oxygens (including phenoxy) is 1. The van der Waals surface area contributed by atoms with Crippen LogP contribution in [0, 0.1) is 6.92 Å². The molecule has 0 fully saturated rings. The summed E-state index contributed by atoms with van der Waals surface area (Å²) < 4.78 is 4.93. The van der Waals surface area contributed by atoms with E-state index in [-0.39, 0.29) is 5.91 Å². The molecule has 100 valence electrons. The summed E-state index contributed by atoms with van der Waals surface area (Å²) in [4.78, 5) is 13.6. The molecule has 18 heavy (non-hydrogen) atoms. The minimum absolute atomic E-state index is 0.0476. The second kappa shape index (κ2) is 7.13. The maximum Gasteiger partial charge on any atom is 0.239 e. The number of hydrogen-bond donors (Lipinski definition) is 1. The Morgan fingerprint density at radius 2 is 2.22 bits per heavy atom. The van der Waals surface area contributed by atoms with Crippen molar-refractivity contribution in [1.29, 1.82) is 0 Å². The molecule has 1 aromatic rings. The number of nitrogens with zero attached hydrogens (tertiary/aromatic N) is 1. The second-order valence-electron chi connectivity index (χ2n) is 4.57. The van der Waals surface area contributed by atoms with Gasteiger partial charge in [-0.2, -0.15) is 0 Å². The van der Waals surface area contributed by atoms with Crippen molar-refractivity contribution in [2.75, 3.05) is 20.8 Å². The van der Waals surface area contributed by atoms with Gasteiger partial charge in [0.1, 0.15) is 0 Å². The Balaban J connectivity index is 2.54. The third kappa shape index (κ3) is 4.47. The summed E-state index contributed by atoms with van der Waals surface area (Å²) in [6.07, 6.45) is 0.549. The lowest BCUT2D eigenvalue weighted by molar-refractivity contribution is -0.132. The van der Waals surface area contributed by atoms with Crippen LogP contribution in [-0.2, 0) is 16.1 Å². The molecule has 0 spiro atoms. The summed E-state index contributed by atoms with van der Waals surface area (Å²) in [5.41, 5.74) is 8.12. The van der Waals surface area contributed by atoms with Gasteiger partial charge in [-0.3, -0.25) is 4.79 Å². The fraction of sp³-hybridized carbons (Fsp3) is 0.500. The first-order chi connectivity index (χ1) is 8.54. The van der Waals surface area contributed by atoms with Gasteiger partial charge in [-0.1, -0.05) is 29.8 Å². The summed E-state index contributed by atoms with van der Waals surface area (Å²) in [5.74, 6) is -0.0476. The number of hydrogen-bond acceptors (Lipinski definition) is 3. The quantitative estimate of drug-likeness (QED) is 0.828. The number of carbonyl (C=O) groups is 1. The SMILES string of the molecule is COCCC(N)C(=O)N(C)Cc1cccc(C)c1. The lowest BCUT2D eigenvalue weighted by atomic mass is 10.1. The van der Waals surface area contributed by atoms with Crippen molar-refractivity contribution in [2.24, 2.45) is 5.73 Å². The van der Waals surface area contributed by atoms with Gasteiger partial charge in [-0.15, -0.1) is 0 Å². The van der Waals surface area contributed by atoms with Gasteiger partial charge in [-0.05, 0) is 18.9 Å². The number of rotatable bonds is 6. The molecule has 0 bridgehead atoms. The predicted octanol–water partition coefficient (Wildman–Crippen LogP) is 1.32. The maximum absolute atomic E-state index is 12.0. The normalized spacial score (nSPS) is 12.2. The highest BCUT2D eigenvalue weighted by Gasteiger charge is 2.17. The molecule has 0 aromatic heterocycles. The number of likely N-dealkylation sites (N-methyl/N-ethyl adjacent to an activating group) is 1. The van der Waals surface area contributed by atoms with Crippen LogP contribution in [0.2, 0.25) is 0 Å². The standard InChI is InChI=1S/C14H22N2O2/c1-11-5-4-6-12(9-11)10-16(2)14(17)13(15)7-8-18-3/h4-6,9,13H,7-8,10,15H2,1-3H3. The molecule has 4 nitrogen and oxygen atoms in total. The fourth-order valence-electron chi connectivity index (χ4n) is 1.81. The van der Waals surface area contributed by atoms with E-state index in [1.165, 1.54) is 5.56 Å². The van der Waals surface area contributed by atoms with E-state index >= 15 is 0 Å². The number of carbonyl (C=O) groups excluding carboxylic acids is 1. The Bertz CT molecular complexity index is 393. The van der Waals surface area contributed by atoms with Crippen LogP contribution in [-0.4, -0.2) is 37.6 Å². The molecule has 1 aromatic carbocycles. The summed E-state index contributed by atoms with van der Waals surface area (Å²) in [5, 5.41) is 0. The van der Waals surface area contributed by atoms with E-state index in [9.17, 15) is 4.79 Å². The Morgan fingerprint density at radius 1 is 1.50 bits per heavy atom. The number of methoxy groups -OCH3 is 1. The van der Waals surface area contributed by atoms with E-state index in [1.807, 2.05) is 25.1 Å². The first-order valence-corrected chi connectivity index (χ1v) is 6.09. The Kier molecular flexibility index (Phi) is 5.82. The van der Waals surface area contributed by atoms with Crippen LogP contribution < -0.4 is 5.73 Å². The van der Waals surface area contributed by atoms with Crippen LogP contribution in [0.25, 0.3) is 0 Å². The monoisotopic (exact) mass is 250 g/mol. The Morgan fingerprint density at radius 3 is 2.83 bits per heavy atom. The molecule has 0 aliphatic rings. The predicted molar refractivity (Wildman–Crippen MR) is 72.1 cm³/mol. The minimum atomic E-state index is -0.486. The third-order valence-electron chi connectivity index (χ3n) is 2.83. The summed E-state index contributed by atoms with van der Waals surface area (Å²) in [6.45, 7) is 3.13. The van der Waals surface area contributed by atoms with Gasteiger partial charge in [-0.25, -0.2) is 0 Å². The fourth-order valence-corrected chi connectivity index (χ4v) is 1.81. The number of aryl methyl sites for hydroxylation is 1. The Labute approximate surface area is 109 Å². The molecule has 0 saturated carbocycles. The van der Waals surface area contributed by atoms with Gasteiger partial charge in [0.25, 0.3) is 0 Å². The van der Waals surface area contributed by atoms with Gasteiger partial charge in [0.05, 0.1) is 6.04 Å². The third-order valence-corrected chi connectivity index (χ3v) is 2.83.